The third-order valence-electron chi connectivity index (χ3n) is 2.30. The Labute approximate surface area is 118 Å². The van der Waals surface area contributed by atoms with Gasteiger partial charge in [-0.15, -0.1) is 0 Å². The number of ether oxygens (including phenoxy) is 1. The van der Waals surface area contributed by atoms with Gasteiger partial charge in [0, 0.05) is 5.56 Å². The van der Waals surface area contributed by atoms with Crippen molar-refractivity contribution < 1.29 is 17.9 Å². The molecular formula is C13H16N2O4S. The molecule has 108 valence electrons. The molecule has 0 aliphatic carbocycles. The number of nitrogens with two attached hydrogens (primary N) is 1. The number of nitrogens with one attached hydrogen (secondary N) is 1. The third-order valence-corrected chi connectivity index (χ3v) is 3.45. The molecule has 0 aromatic heterocycles. The number of anilines is 1. The summed E-state index contributed by atoms with van der Waals surface area (Å²) in [5, 5.41) is 0. The summed E-state index contributed by atoms with van der Waals surface area (Å²) in [4.78, 5) is 11.1. The molecule has 0 aliphatic rings. The topological polar surface area (TPSA) is 98.5 Å². The van der Waals surface area contributed by atoms with E-state index in [1.54, 1.807) is 18.2 Å². The van der Waals surface area contributed by atoms with E-state index in [1.807, 2.05) is 6.92 Å². The molecule has 1 aromatic rings. The third kappa shape index (κ3) is 4.91. The monoisotopic (exact) mass is 296 g/mol. The lowest BCUT2D eigenvalue weighted by molar-refractivity contribution is -0.137. The van der Waals surface area contributed by atoms with Gasteiger partial charge >= 0.3 is 5.97 Å². The summed E-state index contributed by atoms with van der Waals surface area (Å²) >= 11 is 0. The quantitative estimate of drug-likeness (QED) is 0.612. The summed E-state index contributed by atoms with van der Waals surface area (Å²) in [6, 6.07) is 5.13. The average molecular weight is 296 g/mol. The molecule has 3 N–H and O–H groups in total. The minimum absolute atomic E-state index is 0.169. The fourth-order valence-corrected chi connectivity index (χ4v) is 2.42. The molecule has 0 radical (unpaired) electrons. The summed E-state index contributed by atoms with van der Waals surface area (Å²) < 4.78 is 30.3. The molecule has 0 amide bonds. The molecule has 0 bridgehead atoms. The second kappa shape index (κ2) is 6.93. The van der Waals surface area contributed by atoms with Crippen molar-refractivity contribution in [2.24, 2.45) is 5.73 Å². The predicted molar refractivity (Wildman–Crippen MR) is 76.5 cm³/mol. The van der Waals surface area contributed by atoms with Crippen molar-refractivity contribution in [2.75, 3.05) is 24.1 Å². The Morgan fingerprint density at radius 3 is 2.75 bits per heavy atom. The van der Waals surface area contributed by atoms with Crippen LogP contribution in [0.2, 0.25) is 0 Å². The van der Waals surface area contributed by atoms with Crippen molar-refractivity contribution in [1.82, 2.24) is 0 Å². The Morgan fingerprint density at radius 2 is 2.15 bits per heavy atom. The van der Waals surface area contributed by atoms with E-state index in [4.69, 9.17) is 5.73 Å². The van der Waals surface area contributed by atoms with Crippen LogP contribution < -0.4 is 10.5 Å². The van der Waals surface area contributed by atoms with E-state index in [0.717, 1.165) is 12.7 Å². The molecule has 0 saturated heterocycles. The van der Waals surface area contributed by atoms with Crippen LogP contribution in [-0.2, 0) is 19.6 Å². The van der Waals surface area contributed by atoms with Crippen LogP contribution in [0, 0.1) is 18.8 Å². The number of sulfonamides is 1. The smallest absolute Gasteiger partial charge is 0.322 e. The van der Waals surface area contributed by atoms with Crippen LogP contribution in [0.4, 0.5) is 5.69 Å². The molecule has 0 unspecified atom stereocenters. The summed E-state index contributed by atoms with van der Waals surface area (Å²) in [6.45, 7) is 1.99. The van der Waals surface area contributed by atoms with Crippen LogP contribution in [-0.4, -0.2) is 33.8 Å². The second-order valence-electron chi connectivity index (χ2n) is 3.99. The van der Waals surface area contributed by atoms with E-state index in [2.05, 4.69) is 21.3 Å². The van der Waals surface area contributed by atoms with Crippen LogP contribution in [0.3, 0.4) is 0 Å². The number of benzene rings is 1. The molecule has 1 rings (SSSR count). The molecule has 0 saturated carbocycles. The predicted octanol–water partition coefficient (Wildman–Crippen LogP) is 0.220. The highest BCUT2D eigenvalue weighted by molar-refractivity contribution is 7.93. The zero-order valence-corrected chi connectivity index (χ0v) is 12.1. The maximum atomic E-state index is 11.8. The van der Waals surface area contributed by atoms with E-state index in [1.165, 1.54) is 0 Å². The van der Waals surface area contributed by atoms with E-state index >= 15 is 0 Å². The van der Waals surface area contributed by atoms with Gasteiger partial charge in [-0.3, -0.25) is 9.52 Å². The number of carbonyl (C=O) groups excluding carboxylic acids is 1. The van der Waals surface area contributed by atoms with Gasteiger partial charge in [0.1, 0.15) is 0 Å². The highest BCUT2D eigenvalue weighted by atomic mass is 32.2. The molecule has 0 fully saturated rings. The number of esters is 1. The Kier molecular flexibility index (Phi) is 5.55. The van der Waals surface area contributed by atoms with Gasteiger partial charge in [0.2, 0.25) is 10.0 Å². The van der Waals surface area contributed by atoms with Gasteiger partial charge in [0.05, 0.1) is 19.3 Å². The maximum absolute atomic E-state index is 11.8. The zero-order valence-electron chi connectivity index (χ0n) is 11.3. The van der Waals surface area contributed by atoms with Gasteiger partial charge in [-0.1, -0.05) is 17.9 Å². The van der Waals surface area contributed by atoms with Crippen LogP contribution in [0.25, 0.3) is 0 Å². The molecule has 20 heavy (non-hydrogen) atoms. The van der Waals surface area contributed by atoms with Crippen molar-refractivity contribution >= 4 is 21.7 Å². The first kappa shape index (κ1) is 16.0. The van der Waals surface area contributed by atoms with Crippen LogP contribution in [0.5, 0.6) is 0 Å². The largest absolute Gasteiger partial charge is 0.468 e. The standard InChI is InChI=1S/C13H16N2O4S/c1-10-5-6-11(4-3-7-14)12(8-10)15-20(17,18)9-13(16)19-2/h5-6,8,15H,7,9,14H2,1-2H3. The first-order valence-electron chi connectivity index (χ1n) is 5.75. The van der Waals surface area contributed by atoms with E-state index in [9.17, 15) is 13.2 Å². The Morgan fingerprint density at radius 1 is 1.45 bits per heavy atom. The summed E-state index contributed by atoms with van der Waals surface area (Å²) in [7, 11) is -2.71. The first-order valence-corrected chi connectivity index (χ1v) is 7.40. The van der Waals surface area contributed by atoms with Gasteiger partial charge in [-0.2, -0.15) is 0 Å². The zero-order chi connectivity index (χ0) is 15.2. The number of hydrogen-bond donors (Lipinski definition) is 2. The number of methoxy groups -OCH3 is 1. The molecule has 1 aromatic carbocycles. The Balaban J connectivity index is 3.07. The maximum Gasteiger partial charge on any atom is 0.322 e. The van der Waals surface area contributed by atoms with Gasteiger partial charge in [-0.25, -0.2) is 8.42 Å². The minimum atomic E-state index is -3.83. The van der Waals surface area contributed by atoms with Crippen molar-refractivity contribution in [3.05, 3.63) is 29.3 Å². The van der Waals surface area contributed by atoms with Crippen molar-refractivity contribution in [2.45, 2.75) is 6.92 Å². The van der Waals surface area contributed by atoms with Gasteiger partial charge in [-0.05, 0) is 24.6 Å². The Hall–Kier alpha value is -2.04. The average Bonchev–Trinajstić information content (AvgIpc) is 2.36. The highest BCUT2D eigenvalue weighted by Gasteiger charge is 2.18. The minimum Gasteiger partial charge on any atom is -0.468 e. The Bertz CT molecular complexity index is 657. The van der Waals surface area contributed by atoms with Gasteiger partial charge in [0.25, 0.3) is 0 Å². The van der Waals surface area contributed by atoms with Crippen molar-refractivity contribution in [1.29, 1.82) is 0 Å². The molecule has 0 heterocycles. The second-order valence-corrected chi connectivity index (χ2v) is 5.71. The fourth-order valence-electron chi connectivity index (χ4n) is 1.42. The number of hydrogen-bond acceptors (Lipinski definition) is 5. The van der Waals surface area contributed by atoms with E-state index < -0.39 is 21.7 Å². The lowest BCUT2D eigenvalue weighted by Gasteiger charge is -2.10. The summed E-state index contributed by atoms with van der Waals surface area (Å²) in [6.07, 6.45) is 0. The van der Waals surface area contributed by atoms with Crippen LogP contribution in [0.1, 0.15) is 11.1 Å². The lowest BCUT2D eigenvalue weighted by atomic mass is 10.1. The molecular weight excluding hydrogens is 280 g/mol. The number of aryl methyl sites for hydroxylation is 1. The summed E-state index contributed by atoms with van der Waals surface area (Å²) in [5.41, 5.74) is 6.96. The van der Waals surface area contributed by atoms with Gasteiger partial charge < -0.3 is 10.5 Å². The molecule has 7 heteroatoms. The lowest BCUT2D eigenvalue weighted by Crippen LogP contribution is -2.24. The molecule has 0 aliphatic heterocycles. The molecule has 0 atom stereocenters. The van der Waals surface area contributed by atoms with E-state index in [0.29, 0.717) is 11.3 Å². The van der Waals surface area contributed by atoms with Crippen molar-refractivity contribution in [3.8, 4) is 11.8 Å². The highest BCUT2D eigenvalue weighted by Crippen LogP contribution is 2.18. The van der Waals surface area contributed by atoms with Crippen molar-refractivity contribution in [3.63, 3.8) is 0 Å². The van der Waals surface area contributed by atoms with Gasteiger partial charge in [0.15, 0.2) is 5.75 Å². The molecule has 6 nitrogen and oxygen atoms in total. The summed E-state index contributed by atoms with van der Waals surface area (Å²) in [5.74, 6) is 3.84. The van der Waals surface area contributed by atoms with Crippen LogP contribution >= 0.6 is 0 Å². The first-order chi connectivity index (χ1) is 9.38. The number of rotatable bonds is 4. The SMILES string of the molecule is COC(=O)CS(=O)(=O)Nc1cc(C)ccc1C#CCN. The van der Waals surface area contributed by atoms with Crippen LogP contribution in [0.15, 0.2) is 18.2 Å². The normalized spacial score (nSPS) is 10.3. The number of carbonyl (C=O) groups is 1. The molecule has 0 spiro atoms. The fraction of sp³-hybridized carbons (Fsp3) is 0.308. The van der Waals surface area contributed by atoms with E-state index in [-0.39, 0.29) is 6.54 Å².